The van der Waals surface area contributed by atoms with Crippen molar-refractivity contribution in [3.8, 4) is 22.5 Å². The Labute approximate surface area is 139 Å². The van der Waals surface area contributed by atoms with E-state index in [4.69, 9.17) is 9.52 Å². The van der Waals surface area contributed by atoms with Crippen LogP contribution in [0.2, 0.25) is 0 Å². The zero-order chi connectivity index (χ0) is 16.4. The average Bonchev–Trinajstić information content (AvgIpc) is 3.07. The fourth-order valence-electron chi connectivity index (χ4n) is 2.79. The van der Waals surface area contributed by atoms with Crippen LogP contribution in [0.5, 0.6) is 0 Å². The molecular weight excluding hydrogens is 300 g/mol. The summed E-state index contributed by atoms with van der Waals surface area (Å²) in [5.41, 5.74) is 5.67. The van der Waals surface area contributed by atoms with Crippen LogP contribution in [0.15, 0.2) is 71.5 Å². The molecule has 0 fully saturated rings. The molecule has 0 aliphatic carbocycles. The molecule has 0 atom stereocenters. The molecule has 0 saturated heterocycles. The monoisotopic (exact) mass is 316 g/mol. The van der Waals surface area contributed by atoms with Crippen LogP contribution in [0, 0.1) is 0 Å². The van der Waals surface area contributed by atoms with Crippen molar-refractivity contribution >= 4 is 11.1 Å². The Balaban J connectivity index is 1.78. The van der Waals surface area contributed by atoms with E-state index in [-0.39, 0.29) is 6.61 Å². The molecule has 118 valence electrons. The molecule has 3 heterocycles. The number of pyridine rings is 2. The fraction of sp³-hybridized carbons (Fsp3) is 0.100. The number of nitrogens with zero attached hydrogens (tertiary/aromatic N) is 2. The van der Waals surface area contributed by atoms with E-state index in [1.54, 1.807) is 12.4 Å². The van der Waals surface area contributed by atoms with Gasteiger partial charge in [0, 0.05) is 48.0 Å². The third-order valence-corrected chi connectivity index (χ3v) is 4.02. The summed E-state index contributed by atoms with van der Waals surface area (Å²) in [4.78, 5) is 8.59. The second kappa shape index (κ2) is 6.26. The fourth-order valence-corrected chi connectivity index (χ4v) is 2.79. The van der Waals surface area contributed by atoms with E-state index < -0.39 is 0 Å². The number of hydrogen-bond acceptors (Lipinski definition) is 4. The van der Waals surface area contributed by atoms with Gasteiger partial charge < -0.3 is 9.52 Å². The van der Waals surface area contributed by atoms with E-state index in [1.165, 1.54) is 0 Å². The molecule has 1 aromatic carbocycles. The first-order valence-corrected chi connectivity index (χ1v) is 7.84. The second-order valence-corrected chi connectivity index (χ2v) is 5.60. The van der Waals surface area contributed by atoms with Gasteiger partial charge in [-0.1, -0.05) is 30.3 Å². The smallest absolute Gasteiger partial charge is 0.161 e. The molecule has 0 aliphatic rings. The maximum absolute atomic E-state index is 9.01. The number of fused-ring (bicyclic) bond motifs is 1. The van der Waals surface area contributed by atoms with Gasteiger partial charge in [0.15, 0.2) is 5.58 Å². The first-order valence-electron chi connectivity index (χ1n) is 7.84. The van der Waals surface area contributed by atoms with Crippen LogP contribution in [0.1, 0.15) is 5.56 Å². The minimum Gasteiger partial charge on any atom is -0.454 e. The Morgan fingerprint density at radius 3 is 2.58 bits per heavy atom. The average molecular weight is 316 g/mol. The lowest BCUT2D eigenvalue weighted by Gasteiger charge is -2.02. The van der Waals surface area contributed by atoms with E-state index in [1.807, 2.05) is 54.7 Å². The van der Waals surface area contributed by atoms with Gasteiger partial charge in [-0.05, 0) is 24.1 Å². The Morgan fingerprint density at radius 1 is 0.958 bits per heavy atom. The molecule has 1 N–H and O–H groups in total. The third kappa shape index (κ3) is 2.68. The molecule has 4 nitrogen and oxygen atoms in total. The number of aliphatic hydroxyl groups excluding tert-OH is 1. The van der Waals surface area contributed by atoms with Gasteiger partial charge >= 0.3 is 0 Å². The van der Waals surface area contributed by atoms with Gasteiger partial charge in [0.25, 0.3) is 0 Å². The normalized spacial score (nSPS) is 11.0. The lowest BCUT2D eigenvalue weighted by Crippen LogP contribution is -1.89. The Morgan fingerprint density at radius 2 is 1.83 bits per heavy atom. The highest BCUT2D eigenvalue weighted by Crippen LogP contribution is 2.33. The predicted octanol–water partition coefficient (Wildman–Crippen LogP) is 4.09. The Kier molecular flexibility index (Phi) is 3.81. The van der Waals surface area contributed by atoms with E-state index in [2.05, 4.69) is 9.97 Å². The highest BCUT2D eigenvalue weighted by atomic mass is 16.3. The van der Waals surface area contributed by atoms with Crippen molar-refractivity contribution in [3.05, 3.63) is 72.7 Å². The largest absolute Gasteiger partial charge is 0.454 e. The molecule has 4 aromatic rings. The van der Waals surface area contributed by atoms with E-state index >= 15 is 0 Å². The minimum absolute atomic E-state index is 0.155. The van der Waals surface area contributed by atoms with Crippen molar-refractivity contribution < 1.29 is 9.52 Å². The summed E-state index contributed by atoms with van der Waals surface area (Å²) in [7, 11) is 0. The molecule has 4 heteroatoms. The number of aliphatic hydroxyl groups is 1. The van der Waals surface area contributed by atoms with Crippen LogP contribution in [0.4, 0.5) is 0 Å². The van der Waals surface area contributed by atoms with Crippen molar-refractivity contribution in [3.63, 3.8) is 0 Å². The molecule has 3 aromatic heterocycles. The number of rotatable bonds is 4. The molecule has 0 unspecified atom stereocenters. The Bertz CT molecular complexity index is 960. The third-order valence-electron chi connectivity index (χ3n) is 4.02. The van der Waals surface area contributed by atoms with Crippen molar-refractivity contribution in [2.24, 2.45) is 0 Å². The molecule has 0 spiro atoms. The van der Waals surface area contributed by atoms with Crippen LogP contribution in [0.3, 0.4) is 0 Å². The maximum atomic E-state index is 9.01. The predicted molar refractivity (Wildman–Crippen MR) is 93.5 cm³/mol. The molecule has 0 radical (unpaired) electrons. The van der Waals surface area contributed by atoms with Crippen LogP contribution in [-0.4, -0.2) is 21.7 Å². The summed E-state index contributed by atoms with van der Waals surface area (Å²) in [5.74, 6) is 0.782. The van der Waals surface area contributed by atoms with Gasteiger partial charge in [-0.2, -0.15) is 0 Å². The molecule has 0 amide bonds. The van der Waals surface area contributed by atoms with Gasteiger partial charge in [-0.3, -0.25) is 9.97 Å². The van der Waals surface area contributed by atoms with Crippen LogP contribution < -0.4 is 0 Å². The van der Waals surface area contributed by atoms with Gasteiger partial charge in [-0.15, -0.1) is 0 Å². The van der Waals surface area contributed by atoms with Crippen LogP contribution in [-0.2, 0) is 6.42 Å². The minimum atomic E-state index is 0.155. The zero-order valence-electron chi connectivity index (χ0n) is 13.0. The van der Waals surface area contributed by atoms with E-state index in [9.17, 15) is 0 Å². The van der Waals surface area contributed by atoms with Gasteiger partial charge in [-0.25, -0.2) is 0 Å². The summed E-state index contributed by atoms with van der Waals surface area (Å²) in [5, 5.41) is 9.01. The van der Waals surface area contributed by atoms with Crippen LogP contribution >= 0.6 is 0 Å². The molecule has 4 rings (SSSR count). The summed E-state index contributed by atoms with van der Waals surface area (Å²) in [6.07, 6.45) is 6.02. The second-order valence-electron chi connectivity index (χ2n) is 5.60. The SMILES string of the molecule is OCCc1ccc(-c2cc3nccc(-c4cccnc4)c3o2)cc1. The molecule has 24 heavy (non-hydrogen) atoms. The number of benzene rings is 1. The van der Waals surface area contributed by atoms with Crippen molar-refractivity contribution in [2.45, 2.75) is 6.42 Å². The van der Waals surface area contributed by atoms with Crippen molar-refractivity contribution in [1.29, 1.82) is 0 Å². The summed E-state index contributed by atoms with van der Waals surface area (Å²) in [6, 6.07) is 15.8. The molecule has 0 saturated carbocycles. The standard InChI is InChI=1S/C20H16N2O2/c23-11-8-14-3-5-15(6-4-14)19-12-18-20(24-19)17(7-10-22-18)16-2-1-9-21-13-16/h1-7,9-10,12-13,23H,8,11H2. The van der Waals surface area contributed by atoms with E-state index in [0.29, 0.717) is 6.42 Å². The quantitative estimate of drug-likeness (QED) is 0.616. The first kappa shape index (κ1) is 14.6. The molecule has 0 bridgehead atoms. The lowest BCUT2D eigenvalue weighted by atomic mass is 10.1. The summed E-state index contributed by atoms with van der Waals surface area (Å²) < 4.78 is 6.10. The van der Waals surface area contributed by atoms with Gasteiger partial charge in [0.2, 0.25) is 0 Å². The maximum Gasteiger partial charge on any atom is 0.161 e. The van der Waals surface area contributed by atoms with E-state index in [0.717, 1.165) is 39.1 Å². The number of hydrogen-bond donors (Lipinski definition) is 1. The number of furan rings is 1. The lowest BCUT2D eigenvalue weighted by molar-refractivity contribution is 0.299. The topological polar surface area (TPSA) is 59.2 Å². The van der Waals surface area contributed by atoms with Crippen LogP contribution in [0.25, 0.3) is 33.6 Å². The van der Waals surface area contributed by atoms with Gasteiger partial charge in [0.05, 0.1) is 0 Å². The molecular formula is C20H16N2O2. The van der Waals surface area contributed by atoms with Gasteiger partial charge in [0.1, 0.15) is 11.3 Å². The summed E-state index contributed by atoms with van der Waals surface area (Å²) in [6.45, 7) is 0.155. The Hall–Kier alpha value is -2.98. The summed E-state index contributed by atoms with van der Waals surface area (Å²) >= 11 is 0. The first-order chi connectivity index (χ1) is 11.8. The molecule has 0 aliphatic heterocycles. The highest BCUT2D eigenvalue weighted by Gasteiger charge is 2.12. The zero-order valence-corrected chi connectivity index (χ0v) is 13.0. The number of aromatic nitrogens is 2. The highest BCUT2D eigenvalue weighted by molar-refractivity contribution is 5.92. The van der Waals surface area contributed by atoms with Crippen molar-refractivity contribution in [2.75, 3.05) is 6.61 Å². The van der Waals surface area contributed by atoms with Crippen molar-refractivity contribution in [1.82, 2.24) is 9.97 Å².